The summed E-state index contributed by atoms with van der Waals surface area (Å²) in [6.45, 7) is 0.0938. The molecule has 0 bridgehead atoms. The maximum Gasteiger partial charge on any atom is 0.321 e. The molecule has 0 aliphatic heterocycles. The van der Waals surface area contributed by atoms with Crippen LogP contribution in [0.1, 0.15) is 0 Å². The van der Waals surface area contributed by atoms with Crippen LogP contribution in [0.5, 0.6) is 0 Å². The Morgan fingerprint density at radius 3 is 3.12 bits per heavy atom. The van der Waals surface area contributed by atoms with Gasteiger partial charge < -0.3 is 10.4 Å². The van der Waals surface area contributed by atoms with Crippen molar-refractivity contribution in [2.75, 3.05) is 18.5 Å². The van der Waals surface area contributed by atoms with Gasteiger partial charge in [0.25, 0.3) is 0 Å². The summed E-state index contributed by atoms with van der Waals surface area (Å²) in [5, 5.41) is 21.2. The highest BCUT2D eigenvalue weighted by Gasteiger charge is 2.07. The summed E-state index contributed by atoms with van der Waals surface area (Å²) >= 11 is 0. The minimum Gasteiger partial charge on any atom is -0.395 e. The number of nitrogens with one attached hydrogen (secondary N) is 2. The van der Waals surface area contributed by atoms with Gasteiger partial charge in [0.15, 0.2) is 5.65 Å². The zero-order chi connectivity index (χ0) is 11.4. The van der Waals surface area contributed by atoms with Crippen LogP contribution in [0.15, 0.2) is 24.4 Å². The van der Waals surface area contributed by atoms with Gasteiger partial charge in [0.2, 0.25) is 5.95 Å². The summed E-state index contributed by atoms with van der Waals surface area (Å²) in [6, 6.07) is 5.00. The van der Waals surface area contributed by atoms with Gasteiger partial charge in [-0.25, -0.2) is 4.79 Å². The Morgan fingerprint density at radius 2 is 2.31 bits per heavy atom. The molecule has 2 aromatic heterocycles. The normalized spacial score (nSPS) is 10.3. The van der Waals surface area contributed by atoms with Crippen molar-refractivity contribution in [1.29, 1.82) is 0 Å². The highest BCUT2D eigenvalue weighted by molar-refractivity contribution is 5.87. The Labute approximate surface area is 91.1 Å². The van der Waals surface area contributed by atoms with E-state index in [9.17, 15) is 4.79 Å². The maximum atomic E-state index is 11.3. The van der Waals surface area contributed by atoms with Crippen molar-refractivity contribution in [2.45, 2.75) is 0 Å². The predicted molar refractivity (Wildman–Crippen MR) is 57.1 cm³/mol. The molecule has 7 nitrogen and oxygen atoms in total. The molecule has 3 N–H and O–H groups in total. The van der Waals surface area contributed by atoms with E-state index in [-0.39, 0.29) is 13.2 Å². The summed E-state index contributed by atoms with van der Waals surface area (Å²) in [6.07, 6.45) is 1.75. The number of aromatic nitrogens is 3. The number of carbonyl (C=O) groups excluding carboxylic acids is 1. The summed E-state index contributed by atoms with van der Waals surface area (Å²) in [7, 11) is 0. The van der Waals surface area contributed by atoms with E-state index in [2.05, 4.69) is 20.8 Å². The van der Waals surface area contributed by atoms with E-state index < -0.39 is 6.03 Å². The SMILES string of the molecule is O=C(NCCO)Nc1nnc2ccccn12. The molecule has 0 aliphatic carbocycles. The van der Waals surface area contributed by atoms with Crippen LogP contribution in [-0.2, 0) is 0 Å². The smallest absolute Gasteiger partial charge is 0.321 e. The molecule has 0 saturated carbocycles. The number of hydrogen-bond acceptors (Lipinski definition) is 4. The van der Waals surface area contributed by atoms with Crippen molar-refractivity contribution < 1.29 is 9.90 Å². The van der Waals surface area contributed by atoms with Crippen LogP contribution in [0.2, 0.25) is 0 Å². The van der Waals surface area contributed by atoms with Crippen LogP contribution >= 0.6 is 0 Å². The van der Waals surface area contributed by atoms with E-state index in [0.29, 0.717) is 11.6 Å². The molecule has 0 aromatic carbocycles. The standard InChI is InChI=1S/C9H11N5O2/c15-6-4-10-9(16)11-8-13-12-7-3-1-2-5-14(7)8/h1-3,5,15H,4,6H2,(H2,10,11,13,16). The zero-order valence-electron chi connectivity index (χ0n) is 8.42. The first-order valence-electron chi connectivity index (χ1n) is 4.77. The highest BCUT2D eigenvalue weighted by atomic mass is 16.3. The molecular weight excluding hydrogens is 210 g/mol. The largest absolute Gasteiger partial charge is 0.395 e. The van der Waals surface area contributed by atoms with Crippen molar-refractivity contribution in [3.05, 3.63) is 24.4 Å². The number of urea groups is 1. The number of carbonyl (C=O) groups is 1. The van der Waals surface area contributed by atoms with Gasteiger partial charge >= 0.3 is 6.03 Å². The molecule has 0 radical (unpaired) electrons. The summed E-state index contributed by atoms with van der Waals surface area (Å²) in [5.74, 6) is 0.339. The Kier molecular flexibility index (Phi) is 2.97. The number of anilines is 1. The van der Waals surface area contributed by atoms with Gasteiger partial charge in [-0.05, 0) is 12.1 Å². The minimum absolute atomic E-state index is 0.103. The number of aliphatic hydroxyl groups is 1. The lowest BCUT2D eigenvalue weighted by molar-refractivity contribution is 0.244. The van der Waals surface area contributed by atoms with Gasteiger partial charge in [-0.3, -0.25) is 9.72 Å². The van der Waals surface area contributed by atoms with Crippen molar-refractivity contribution in [3.8, 4) is 0 Å². The minimum atomic E-state index is -0.424. The van der Waals surface area contributed by atoms with E-state index >= 15 is 0 Å². The van der Waals surface area contributed by atoms with E-state index in [1.54, 1.807) is 16.7 Å². The zero-order valence-corrected chi connectivity index (χ0v) is 8.42. The Bertz CT molecular complexity index is 495. The lowest BCUT2D eigenvalue weighted by Crippen LogP contribution is -2.31. The fraction of sp³-hybridized carbons (Fsp3) is 0.222. The average Bonchev–Trinajstić information content (AvgIpc) is 2.70. The molecule has 2 aromatic rings. The molecule has 84 valence electrons. The van der Waals surface area contributed by atoms with Gasteiger partial charge in [0.05, 0.1) is 6.61 Å². The Morgan fingerprint density at radius 1 is 1.44 bits per heavy atom. The molecule has 0 aliphatic rings. The van der Waals surface area contributed by atoms with Crippen LogP contribution in [-0.4, -0.2) is 38.9 Å². The van der Waals surface area contributed by atoms with E-state index in [0.717, 1.165) is 0 Å². The fourth-order valence-corrected chi connectivity index (χ4v) is 1.24. The van der Waals surface area contributed by atoms with Gasteiger partial charge in [0.1, 0.15) is 0 Å². The number of nitrogens with zero attached hydrogens (tertiary/aromatic N) is 3. The van der Waals surface area contributed by atoms with Crippen molar-refractivity contribution in [3.63, 3.8) is 0 Å². The molecule has 7 heteroatoms. The lowest BCUT2D eigenvalue weighted by Gasteiger charge is -2.03. The third-order valence-corrected chi connectivity index (χ3v) is 1.94. The first kappa shape index (κ1) is 10.4. The van der Waals surface area contributed by atoms with Gasteiger partial charge in [0, 0.05) is 12.7 Å². The number of hydrogen-bond donors (Lipinski definition) is 3. The number of fused-ring (bicyclic) bond motifs is 1. The molecule has 2 heterocycles. The summed E-state index contributed by atoms with van der Waals surface area (Å²) in [4.78, 5) is 11.3. The van der Waals surface area contributed by atoms with Crippen molar-refractivity contribution in [1.82, 2.24) is 19.9 Å². The quantitative estimate of drug-likeness (QED) is 0.671. The van der Waals surface area contributed by atoms with Crippen LogP contribution in [0.25, 0.3) is 5.65 Å². The Balaban J connectivity index is 2.12. The monoisotopic (exact) mass is 221 g/mol. The highest BCUT2D eigenvalue weighted by Crippen LogP contribution is 2.06. The first-order valence-corrected chi connectivity index (χ1v) is 4.77. The summed E-state index contributed by atoms with van der Waals surface area (Å²) < 4.78 is 1.65. The van der Waals surface area contributed by atoms with E-state index in [1.807, 2.05) is 12.1 Å². The number of pyridine rings is 1. The summed E-state index contributed by atoms with van der Waals surface area (Å²) in [5.41, 5.74) is 0.653. The molecule has 0 fully saturated rings. The number of amides is 2. The molecular formula is C9H11N5O2. The lowest BCUT2D eigenvalue weighted by atomic mass is 10.5. The van der Waals surface area contributed by atoms with Crippen LogP contribution in [0.4, 0.5) is 10.7 Å². The first-order chi connectivity index (χ1) is 7.81. The number of aliphatic hydroxyl groups excluding tert-OH is 1. The van der Waals surface area contributed by atoms with Crippen molar-refractivity contribution >= 4 is 17.6 Å². The average molecular weight is 221 g/mol. The Hall–Kier alpha value is -2.15. The molecule has 2 rings (SSSR count). The van der Waals surface area contributed by atoms with E-state index in [4.69, 9.17) is 5.11 Å². The van der Waals surface area contributed by atoms with Gasteiger partial charge in [-0.15, -0.1) is 10.2 Å². The molecule has 0 unspecified atom stereocenters. The fourth-order valence-electron chi connectivity index (χ4n) is 1.24. The predicted octanol–water partition coefficient (Wildman–Crippen LogP) is -0.157. The molecule has 0 spiro atoms. The van der Waals surface area contributed by atoms with Crippen molar-refractivity contribution in [2.24, 2.45) is 0 Å². The van der Waals surface area contributed by atoms with Crippen LogP contribution < -0.4 is 10.6 Å². The number of rotatable bonds is 3. The van der Waals surface area contributed by atoms with Gasteiger partial charge in [-0.1, -0.05) is 6.07 Å². The maximum absolute atomic E-state index is 11.3. The van der Waals surface area contributed by atoms with E-state index in [1.165, 1.54) is 0 Å². The third kappa shape index (κ3) is 2.09. The van der Waals surface area contributed by atoms with Crippen LogP contribution in [0.3, 0.4) is 0 Å². The second-order valence-electron chi connectivity index (χ2n) is 3.06. The second kappa shape index (κ2) is 4.58. The van der Waals surface area contributed by atoms with Crippen LogP contribution in [0, 0.1) is 0 Å². The second-order valence-corrected chi connectivity index (χ2v) is 3.06. The molecule has 2 amide bonds. The molecule has 0 saturated heterocycles. The molecule has 16 heavy (non-hydrogen) atoms. The third-order valence-electron chi connectivity index (χ3n) is 1.94. The molecule has 0 atom stereocenters. The van der Waals surface area contributed by atoms with Gasteiger partial charge in [-0.2, -0.15) is 0 Å². The topological polar surface area (TPSA) is 91.5 Å².